The number of allylic oxidation sites excluding steroid dienone is 2. The van der Waals surface area contributed by atoms with E-state index in [-0.39, 0.29) is 24.4 Å². The van der Waals surface area contributed by atoms with Crippen molar-refractivity contribution < 1.29 is 23.1 Å². The predicted octanol–water partition coefficient (Wildman–Crippen LogP) is 7.95. The summed E-state index contributed by atoms with van der Waals surface area (Å²) in [5.74, 6) is 5.53. The lowest BCUT2D eigenvalue weighted by Crippen LogP contribution is -2.39. The second-order valence-electron chi connectivity index (χ2n) is 9.71. The van der Waals surface area contributed by atoms with Crippen molar-refractivity contribution in [2.75, 3.05) is 6.54 Å². The Morgan fingerprint density at radius 3 is 2.41 bits per heavy atom. The van der Waals surface area contributed by atoms with E-state index in [1.807, 2.05) is 6.92 Å². The van der Waals surface area contributed by atoms with Gasteiger partial charge in [0.15, 0.2) is 0 Å². The average molecular weight is 526 g/mol. The maximum Gasteiger partial charge on any atom is 0.416 e. The summed E-state index contributed by atoms with van der Waals surface area (Å²) in [4.78, 5) is 13.7. The zero-order valence-corrected chi connectivity index (χ0v) is 21.5. The second kappa shape index (κ2) is 11.6. The van der Waals surface area contributed by atoms with Gasteiger partial charge in [0, 0.05) is 24.3 Å². The Balaban J connectivity index is 1.69. The van der Waals surface area contributed by atoms with Gasteiger partial charge in [-0.15, -0.1) is 11.8 Å². The van der Waals surface area contributed by atoms with Crippen LogP contribution in [0.3, 0.4) is 0 Å². The third-order valence-electron chi connectivity index (χ3n) is 6.91. The molecule has 1 saturated heterocycles. The molecule has 3 nitrogen and oxygen atoms in total. The van der Waals surface area contributed by atoms with Crippen molar-refractivity contribution in [3.05, 3.63) is 94.4 Å². The number of carboxylic acids is 1. The first-order valence-corrected chi connectivity index (χ1v) is 13.3. The Hall–Kier alpha value is -2.95. The molecule has 4 rings (SSSR count). The zero-order valence-electron chi connectivity index (χ0n) is 20.7. The van der Waals surface area contributed by atoms with E-state index in [2.05, 4.69) is 59.1 Å². The Bertz CT molecular complexity index is 1200. The fourth-order valence-corrected chi connectivity index (χ4v) is 6.01. The Labute approximate surface area is 220 Å². The van der Waals surface area contributed by atoms with Gasteiger partial charge >= 0.3 is 12.1 Å². The molecule has 2 heterocycles. The summed E-state index contributed by atoms with van der Waals surface area (Å²) in [6.07, 6.45) is -0.00525. The third kappa shape index (κ3) is 6.88. The first-order chi connectivity index (χ1) is 17.6. The molecule has 2 aromatic rings. The molecular formula is C30H30F3NO2S. The monoisotopic (exact) mass is 525 g/mol. The van der Waals surface area contributed by atoms with Crippen LogP contribution in [-0.2, 0) is 11.0 Å². The number of carbonyl (C=O) groups is 1. The smallest absolute Gasteiger partial charge is 0.416 e. The molecule has 0 saturated carbocycles. The maximum atomic E-state index is 13.2. The van der Waals surface area contributed by atoms with E-state index in [1.165, 1.54) is 17.7 Å². The van der Waals surface area contributed by atoms with E-state index in [0.717, 1.165) is 35.3 Å². The molecule has 4 atom stereocenters. The summed E-state index contributed by atoms with van der Waals surface area (Å²) in [5.41, 5.74) is 3.00. The van der Waals surface area contributed by atoms with Gasteiger partial charge in [0.05, 0.1) is 11.6 Å². The van der Waals surface area contributed by atoms with E-state index in [0.29, 0.717) is 24.6 Å². The maximum absolute atomic E-state index is 13.2. The van der Waals surface area contributed by atoms with Gasteiger partial charge in [0.1, 0.15) is 0 Å². The number of aliphatic carboxylic acids is 1. The number of benzene rings is 2. The zero-order chi connectivity index (χ0) is 26.6. The number of piperidine rings is 1. The van der Waals surface area contributed by atoms with Crippen LogP contribution in [-0.4, -0.2) is 22.5 Å². The molecule has 0 bridgehead atoms. The van der Waals surface area contributed by atoms with Crippen molar-refractivity contribution >= 4 is 17.7 Å². The van der Waals surface area contributed by atoms with E-state index < -0.39 is 17.7 Å². The lowest BCUT2D eigenvalue weighted by Gasteiger charge is -2.42. The fraction of sp³-hybridized carbons (Fsp3) is 0.367. The highest BCUT2D eigenvalue weighted by atomic mass is 32.2. The van der Waals surface area contributed by atoms with Gasteiger partial charge in [-0.1, -0.05) is 60.9 Å². The summed E-state index contributed by atoms with van der Waals surface area (Å²) < 4.78 is 39.6. The van der Waals surface area contributed by atoms with Crippen LogP contribution >= 0.6 is 11.8 Å². The molecule has 0 aliphatic carbocycles. The van der Waals surface area contributed by atoms with Crippen molar-refractivity contribution in [1.29, 1.82) is 0 Å². The Morgan fingerprint density at radius 1 is 1.16 bits per heavy atom. The summed E-state index contributed by atoms with van der Waals surface area (Å²) in [6, 6.07) is 13.1. The fourth-order valence-electron chi connectivity index (χ4n) is 5.06. The highest BCUT2D eigenvalue weighted by molar-refractivity contribution is 8.02. The van der Waals surface area contributed by atoms with Gasteiger partial charge in [-0.2, -0.15) is 13.2 Å². The van der Waals surface area contributed by atoms with Gasteiger partial charge in [-0.25, -0.2) is 0 Å². The molecule has 1 fully saturated rings. The highest BCUT2D eigenvalue weighted by Gasteiger charge is 2.36. The molecule has 7 heteroatoms. The van der Waals surface area contributed by atoms with Crippen molar-refractivity contribution in [2.45, 2.75) is 56.1 Å². The molecule has 0 amide bonds. The molecule has 1 N–H and O–H groups in total. The number of rotatable bonds is 6. The topological polar surface area (TPSA) is 40.5 Å². The van der Waals surface area contributed by atoms with Gasteiger partial charge in [-0.05, 0) is 71.9 Å². The molecule has 2 aromatic carbocycles. The van der Waals surface area contributed by atoms with Crippen molar-refractivity contribution in [3.63, 3.8) is 0 Å². The molecular weight excluding hydrogens is 495 g/mol. The van der Waals surface area contributed by atoms with Crippen LogP contribution in [0.25, 0.3) is 0 Å². The number of halogens is 3. The lowest BCUT2D eigenvalue weighted by molar-refractivity contribution is -0.139. The standard InChI is InChI=1S/C30H30F3NO2S/c1-20(2)5-14-26(22-6-8-24(9-7-22)28-4-3-17-37-28)34-16-15-21(19-29(35)36)18-27(34)23-10-12-25(13-11-23)30(31,32)33/h3,6-13,17,21,26-28H,1,4,15-16,18-19H2,2H3,(H,35,36)/t21-,26-,27+,28?/m1/s1. The van der Waals surface area contributed by atoms with Crippen LogP contribution < -0.4 is 0 Å². The molecule has 194 valence electrons. The minimum atomic E-state index is -4.42. The van der Waals surface area contributed by atoms with Crippen LogP contribution in [0.15, 0.2) is 72.2 Å². The second-order valence-corrected chi connectivity index (χ2v) is 10.8. The quantitative estimate of drug-likeness (QED) is 0.389. The Morgan fingerprint density at radius 2 is 1.84 bits per heavy atom. The minimum Gasteiger partial charge on any atom is -0.481 e. The number of alkyl halides is 3. The van der Waals surface area contributed by atoms with E-state index >= 15 is 0 Å². The van der Waals surface area contributed by atoms with Gasteiger partial charge in [-0.3, -0.25) is 9.69 Å². The molecule has 1 unspecified atom stereocenters. The van der Waals surface area contributed by atoms with Crippen LogP contribution in [0.5, 0.6) is 0 Å². The minimum absolute atomic E-state index is 0.0366. The lowest BCUT2D eigenvalue weighted by atomic mass is 9.83. The van der Waals surface area contributed by atoms with Crippen LogP contribution in [0.1, 0.15) is 72.2 Å². The van der Waals surface area contributed by atoms with Gasteiger partial charge in [0.25, 0.3) is 0 Å². The average Bonchev–Trinajstić information content (AvgIpc) is 3.39. The summed E-state index contributed by atoms with van der Waals surface area (Å²) in [7, 11) is 0. The third-order valence-corrected chi connectivity index (χ3v) is 8.05. The summed E-state index contributed by atoms with van der Waals surface area (Å²) in [6.45, 7) is 6.34. The summed E-state index contributed by atoms with van der Waals surface area (Å²) >= 11 is 1.80. The largest absolute Gasteiger partial charge is 0.481 e. The number of hydrogen-bond donors (Lipinski definition) is 1. The molecule has 0 spiro atoms. The number of nitrogens with zero attached hydrogens (tertiary/aromatic N) is 1. The van der Waals surface area contributed by atoms with Crippen molar-refractivity contribution in [2.24, 2.45) is 5.92 Å². The van der Waals surface area contributed by atoms with Crippen LogP contribution in [0.4, 0.5) is 13.2 Å². The molecule has 37 heavy (non-hydrogen) atoms. The van der Waals surface area contributed by atoms with E-state index in [9.17, 15) is 23.1 Å². The van der Waals surface area contributed by atoms with Crippen LogP contribution in [0.2, 0.25) is 0 Å². The van der Waals surface area contributed by atoms with Gasteiger partial charge < -0.3 is 5.11 Å². The SMILES string of the molecule is C=C(C)C#C[C@H](c1ccc(C2CC=CS2)cc1)N1CC[C@@H](CC(=O)O)C[C@H]1c1ccc(C(F)(F)F)cc1. The summed E-state index contributed by atoms with van der Waals surface area (Å²) in [5, 5.41) is 11.9. The van der Waals surface area contributed by atoms with E-state index in [1.54, 1.807) is 11.8 Å². The highest BCUT2D eigenvalue weighted by Crippen LogP contribution is 2.43. The van der Waals surface area contributed by atoms with Crippen molar-refractivity contribution in [1.82, 2.24) is 4.90 Å². The molecule has 0 radical (unpaired) electrons. The van der Waals surface area contributed by atoms with E-state index in [4.69, 9.17) is 0 Å². The first-order valence-electron chi connectivity index (χ1n) is 12.3. The Kier molecular flexibility index (Phi) is 8.51. The van der Waals surface area contributed by atoms with Crippen LogP contribution in [0, 0.1) is 17.8 Å². The molecule has 2 aliphatic rings. The predicted molar refractivity (Wildman–Crippen MR) is 142 cm³/mol. The normalized spacial score (nSPS) is 22.8. The molecule has 2 aliphatic heterocycles. The van der Waals surface area contributed by atoms with Gasteiger partial charge in [0.2, 0.25) is 0 Å². The van der Waals surface area contributed by atoms with Crippen molar-refractivity contribution in [3.8, 4) is 11.8 Å². The number of thioether (sulfide) groups is 1. The number of hydrogen-bond acceptors (Lipinski definition) is 3. The number of carboxylic acid groups (broad SMARTS) is 1. The molecule has 0 aromatic heterocycles. The first kappa shape index (κ1) is 27.1. The number of likely N-dealkylation sites (tertiary alicyclic amines) is 1.